The Bertz CT molecular complexity index is 244. The molecule has 0 saturated heterocycles. The highest BCUT2D eigenvalue weighted by atomic mass is 28.4. The van der Waals surface area contributed by atoms with Gasteiger partial charge in [-0.3, -0.25) is 0 Å². The van der Waals surface area contributed by atoms with Crippen molar-refractivity contribution in [3.8, 4) is 0 Å². The van der Waals surface area contributed by atoms with E-state index < -0.39 is 20.0 Å². The van der Waals surface area contributed by atoms with E-state index in [1.807, 2.05) is 7.11 Å². The SMILES string of the molecule is CO[Si](C)(CCCOCC(C)(O)C(C)O)CC(C)C. The van der Waals surface area contributed by atoms with Crippen molar-refractivity contribution >= 4 is 8.32 Å². The van der Waals surface area contributed by atoms with E-state index in [1.165, 1.54) is 0 Å². The summed E-state index contributed by atoms with van der Waals surface area (Å²) in [4.78, 5) is 0. The van der Waals surface area contributed by atoms with Crippen LogP contribution in [0.2, 0.25) is 18.6 Å². The molecule has 0 aromatic rings. The monoisotopic (exact) mass is 292 g/mol. The van der Waals surface area contributed by atoms with E-state index in [9.17, 15) is 10.2 Å². The van der Waals surface area contributed by atoms with E-state index in [0.717, 1.165) is 18.5 Å². The van der Waals surface area contributed by atoms with Crippen LogP contribution >= 0.6 is 0 Å². The zero-order chi connectivity index (χ0) is 15.1. The predicted molar refractivity (Wildman–Crippen MR) is 80.8 cm³/mol. The van der Waals surface area contributed by atoms with Gasteiger partial charge in [0.05, 0.1) is 12.7 Å². The van der Waals surface area contributed by atoms with E-state index in [4.69, 9.17) is 9.16 Å². The van der Waals surface area contributed by atoms with Crippen LogP contribution in [0.5, 0.6) is 0 Å². The van der Waals surface area contributed by atoms with E-state index in [1.54, 1.807) is 13.8 Å². The zero-order valence-corrected chi connectivity index (χ0v) is 14.4. The molecule has 0 saturated carbocycles. The molecule has 0 aromatic carbocycles. The maximum Gasteiger partial charge on any atom is 0.189 e. The standard InChI is InChI=1S/C14H32O4Si/c1-12(2)10-19(6,17-5)9-7-8-18-11-14(4,16)13(3)15/h12-13,15-16H,7-11H2,1-6H3. The number of ether oxygens (including phenoxy) is 1. The van der Waals surface area contributed by atoms with E-state index in [-0.39, 0.29) is 6.61 Å². The quantitative estimate of drug-likeness (QED) is 0.479. The number of aliphatic hydroxyl groups excluding tert-OH is 1. The summed E-state index contributed by atoms with van der Waals surface area (Å²) >= 11 is 0. The lowest BCUT2D eigenvalue weighted by atomic mass is 10.0. The Morgan fingerprint density at radius 1 is 1.26 bits per heavy atom. The number of rotatable bonds is 10. The molecule has 2 N–H and O–H groups in total. The first-order valence-electron chi connectivity index (χ1n) is 7.16. The molecule has 0 rings (SSSR count). The van der Waals surface area contributed by atoms with Crippen molar-refractivity contribution in [2.45, 2.75) is 64.5 Å². The van der Waals surface area contributed by atoms with Crippen LogP contribution in [0.15, 0.2) is 0 Å². The minimum Gasteiger partial charge on any atom is -0.420 e. The molecular weight excluding hydrogens is 260 g/mol. The minimum atomic E-state index is -1.60. The van der Waals surface area contributed by atoms with E-state index in [0.29, 0.717) is 12.5 Å². The Labute approximate surface area is 119 Å². The Kier molecular flexibility index (Phi) is 8.39. The molecule has 3 unspecified atom stereocenters. The largest absolute Gasteiger partial charge is 0.420 e. The first-order valence-corrected chi connectivity index (χ1v) is 9.98. The van der Waals surface area contributed by atoms with E-state index in [2.05, 4.69) is 20.4 Å². The molecule has 0 bridgehead atoms. The van der Waals surface area contributed by atoms with Crippen LogP contribution in [0.3, 0.4) is 0 Å². The fourth-order valence-electron chi connectivity index (χ4n) is 2.10. The average molecular weight is 292 g/mol. The van der Waals surface area contributed by atoms with Crippen molar-refractivity contribution in [3.05, 3.63) is 0 Å². The third-order valence-corrected chi connectivity index (χ3v) is 7.70. The van der Waals surface area contributed by atoms with Gasteiger partial charge in [-0.15, -0.1) is 0 Å². The van der Waals surface area contributed by atoms with Crippen molar-refractivity contribution in [2.24, 2.45) is 5.92 Å². The second-order valence-corrected chi connectivity index (χ2v) is 10.7. The molecule has 0 heterocycles. The van der Waals surface area contributed by atoms with Gasteiger partial charge in [-0.25, -0.2) is 0 Å². The van der Waals surface area contributed by atoms with Gasteiger partial charge in [0.1, 0.15) is 5.60 Å². The molecular formula is C14H32O4Si. The molecule has 0 aromatic heterocycles. The predicted octanol–water partition coefficient (Wildman–Crippen LogP) is 2.40. The minimum absolute atomic E-state index is 0.167. The third-order valence-electron chi connectivity index (χ3n) is 3.62. The van der Waals surface area contributed by atoms with Crippen molar-refractivity contribution in [2.75, 3.05) is 20.3 Å². The van der Waals surface area contributed by atoms with Crippen molar-refractivity contribution in [3.63, 3.8) is 0 Å². The highest BCUT2D eigenvalue weighted by molar-refractivity contribution is 6.72. The summed E-state index contributed by atoms with van der Waals surface area (Å²) in [5.41, 5.74) is -1.17. The van der Waals surface area contributed by atoms with Crippen LogP contribution < -0.4 is 0 Å². The molecule has 0 spiro atoms. The van der Waals surface area contributed by atoms with Crippen molar-refractivity contribution in [1.29, 1.82) is 0 Å². The third kappa shape index (κ3) is 8.04. The first-order chi connectivity index (χ1) is 8.63. The highest BCUT2D eigenvalue weighted by Gasteiger charge is 2.29. The van der Waals surface area contributed by atoms with Crippen LogP contribution in [-0.4, -0.2) is 50.6 Å². The molecule has 0 aliphatic carbocycles. The van der Waals surface area contributed by atoms with Crippen LogP contribution in [0.1, 0.15) is 34.1 Å². The zero-order valence-electron chi connectivity index (χ0n) is 13.4. The molecule has 0 aliphatic rings. The van der Waals surface area contributed by atoms with Gasteiger partial charge in [-0.1, -0.05) is 13.8 Å². The summed E-state index contributed by atoms with van der Waals surface area (Å²) in [6, 6.07) is 2.23. The summed E-state index contributed by atoms with van der Waals surface area (Å²) < 4.78 is 11.2. The summed E-state index contributed by atoms with van der Waals surface area (Å²) in [7, 11) is 0.217. The lowest BCUT2D eigenvalue weighted by Crippen LogP contribution is -2.42. The van der Waals surface area contributed by atoms with Gasteiger partial charge in [-0.05, 0) is 44.8 Å². The summed E-state index contributed by atoms with van der Waals surface area (Å²) in [6.07, 6.45) is 0.158. The average Bonchev–Trinajstić information content (AvgIpc) is 2.27. The number of hydrogen-bond acceptors (Lipinski definition) is 4. The Hall–Kier alpha value is 0.0569. The van der Waals surface area contributed by atoms with Crippen LogP contribution in [0.4, 0.5) is 0 Å². The molecule has 0 aliphatic heterocycles. The Morgan fingerprint density at radius 3 is 2.26 bits per heavy atom. The topological polar surface area (TPSA) is 58.9 Å². The van der Waals surface area contributed by atoms with Crippen molar-refractivity contribution < 1.29 is 19.4 Å². The fourth-order valence-corrected chi connectivity index (χ4v) is 5.29. The second kappa shape index (κ2) is 8.37. The second-order valence-electron chi connectivity index (χ2n) is 6.44. The molecule has 0 amide bonds. The van der Waals surface area contributed by atoms with Gasteiger partial charge in [0.2, 0.25) is 0 Å². The molecule has 116 valence electrons. The molecule has 3 atom stereocenters. The van der Waals surface area contributed by atoms with Gasteiger partial charge < -0.3 is 19.4 Å². The summed E-state index contributed by atoms with van der Waals surface area (Å²) in [5, 5.41) is 19.2. The smallest absolute Gasteiger partial charge is 0.189 e. The summed E-state index contributed by atoms with van der Waals surface area (Å²) in [6.45, 7) is 10.6. The maximum atomic E-state index is 9.83. The highest BCUT2D eigenvalue weighted by Crippen LogP contribution is 2.23. The van der Waals surface area contributed by atoms with Crippen LogP contribution in [0.25, 0.3) is 0 Å². The summed E-state index contributed by atoms with van der Waals surface area (Å²) in [5.74, 6) is 0.661. The lowest BCUT2D eigenvalue weighted by Gasteiger charge is -2.28. The van der Waals surface area contributed by atoms with Gasteiger partial charge in [0.25, 0.3) is 0 Å². The lowest BCUT2D eigenvalue weighted by molar-refractivity contribution is -0.102. The molecule has 4 nitrogen and oxygen atoms in total. The van der Waals surface area contributed by atoms with Gasteiger partial charge >= 0.3 is 0 Å². The van der Waals surface area contributed by atoms with Gasteiger partial charge in [0, 0.05) is 13.7 Å². The number of aliphatic hydroxyl groups is 2. The first kappa shape index (κ1) is 19.1. The van der Waals surface area contributed by atoms with Crippen LogP contribution in [0, 0.1) is 5.92 Å². The maximum absolute atomic E-state index is 9.83. The van der Waals surface area contributed by atoms with Crippen molar-refractivity contribution in [1.82, 2.24) is 0 Å². The normalized spacial score (nSPS) is 20.1. The molecule has 5 heteroatoms. The molecule has 0 fully saturated rings. The van der Waals surface area contributed by atoms with Crippen LogP contribution in [-0.2, 0) is 9.16 Å². The number of hydrogen-bond donors (Lipinski definition) is 2. The Balaban J connectivity index is 3.90. The Morgan fingerprint density at radius 2 is 1.84 bits per heavy atom. The fraction of sp³-hybridized carbons (Fsp3) is 1.00. The van der Waals surface area contributed by atoms with E-state index >= 15 is 0 Å². The molecule has 19 heavy (non-hydrogen) atoms. The van der Waals surface area contributed by atoms with Gasteiger partial charge in [-0.2, -0.15) is 0 Å². The van der Waals surface area contributed by atoms with Gasteiger partial charge in [0.15, 0.2) is 8.32 Å². The molecule has 0 radical (unpaired) electrons.